The van der Waals surface area contributed by atoms with Gasteiger partial charge in [0.2, 0.25) is 0 Å². The highest BCUT2D eigenvalue weighted by atomic mass is 16.6. The minimum Gasteiger partial charge on any atom is -0.445 e. The zero-order valence-corrected chi connectivity index (χ0v) is 15.5. The van der Waals surface area contributed by atoms with E-state index in [4.69, 9.17) is 4.74 Å². The topological polar surface area (TPSA) is 32.8 Å². The van der Waals surface area contributed by atoms with Gasteiger partial charge in [-0.2, -0.15) is 0 Å². The molecule has 1 aliphatic heterocycles. The third kappa shape index (κ3) is 5.09. The normalized spacial score (nSPS) is 15.6. The number of hydrogen-bond donors (Lipinski definition) is 0. The van der Waals surface area contributed by atoms with E-state index in [0.717, 1.165) is 24.1 Å². The molecular weight excluding hydrogens is 324 g/mol. The van der Waals surface area contributed by atoms with Crippen molar-refractivity contribution in [3.05, 3.63) is 71.8 Å². The molecule has 0 aromatic heterocycles. The highest BCUT2D eigenvalue weighted by Gasteiger charge is 2.24. The molecule has 1 saturated heterocycles. The summed E-state index contributed by atoms with van der Waals surface area (Å²) >= 11 is 0. The lowest BCUT2D eigenvalue weighted by molar-refractivity contribution is 0.0871. The first kappa shape index (κ1) is 18.5. The Morgan fingerprint density at radius 2 is 1.65 bits per heavy atom. The van der Waals surface area contributed by atoms with Crippen LogP contribution in [0.1, 0.15) is 36.4 Å². The van der Waals surface area contributed by atoms with Gasteiger partial charge in [-0.05, 0) is 43.5 Å². The van der Waals surface area contributed by atoms with Crippen molar-refractivity contribution in [2.75, 3.05) is 26.7 Å². The Labute approximate surface area is 156 Å². The number of likely N-dealkylation sites (tertiary alicyclic amines) is 1. The minimum absolute atomic E-state index is 0.0278. The molecule has 0 bridgehead atoms. The smallest absolute Gasteiger partial charge is 0.410 e. The van der Waals surface area contributed by atoms with Gasteiger partial charge in [0.15, 0.2) is 0 Å². The van der Waals surface area contributed by atoms with Crippen molar-refractivity contribution in [2.24, 2.45) is 0 Å². The molecular formula is C22H28N2O2. The van der Waals surface area contributed by atoms with Crippen LogP contribution in [0.4, 0.5) is 4.79 Å². The first-order valence-electron chi connectivity index (χ1n) is 9.45. The van der Waals surface area contributed by atoms with Gasteiger partial charge in [0, 0.05) is 13.6 Å². The second-order valence-electron chi connectivity index (χ2n) is 6.91. The fraction of sp³-hybridized carbons (Fsp3) is 0.409. The molecule has 1 aliphatic rings. The summed E-state index contributed by atoms with van der Waals surface area (Å²) in [5.74, 6) is 0. The average Bonchev–Trinajstić information content (AvgIpc) is 3.21. The third-order valence-corrected chi connectivity index (χ3v) is 5.06. The van der Waals surface area contributed by atoms with Gasteiger partial charge in [-0.15, -0.1) is 0 Å². The number of ether oxygens (including phenoxy) is 1. The first-order valence-corrected chi connectivity index (χ1v) is 9.45. The molecule has 1 unspecified atom stereocenters. The van der Waals surface area contributed by atoms with Crippen molar-refractivity contribution < 1.29 is 9.53 Å². The molecule has 0 radical (unpaired) electrons. The number of rotatable bonds is 7. The van der Waals surface area contributed by atoms with Crippen LogP contribution in [0.25, 0.3) is 0 Å². The maximum Gasteiger partial charge on any atom is 0.410 e. The van der Waals surface area contributed by atoms with Gasteiger partial charge in [-0.25, -0.2) is 4.79 Å². The number of amides is 1. The molecule has 1 atom stereocenters. The first-order chi connectivity index (χ1) is 12.7. The van der Waals surface area contributed by atoms with E-state index in [1.807, 2.05) is 55.6 Å². The Hall–Kier alpha value is -2.33. The number of carbonyl (C=O) groups is 1. The molecule has 3 rings (SSSR count). The average molecular weight is 352 g/mol. The molecule has 0 spiro atoms. The monoisotopic (exact) mass is 352 g/mol. The van der Waals surface area contributed by atoms with E-state index in [-0.39, 0.29) is 12.1 Å². The van der Waals surface area contributed by atoms with Crippen molar-refractivity contribution in [3.63, 3.8) is 0 Å². The molecule has 4 nitrogen and oxygen atoms in total. The van der Waals surface area contributed by atoms with Gasteiger partial charge in [0.25, 0.3) is 0 Å². The molecule has 138 valence electrons. The minimum atomic E-state index is -0.274. The van der Waals surface area contributed by atoms with Crippen LogP contribution in [-0.4, -0.2) is 42.6 Å². The van der Waals surface area contributed by atoms with Crippen molar-refractivity contribution in [3.8, 4) is 0 Å². The molecule has 1 fully saturated rings. The highest BCUT2D eigenvalue weighted by Crippen LogP contribution is 2.25. The molecule has 1 heterocycles. The molecule has 2 aromatic carbocycles. The van der Waals surface area contributed by atoms with Crippen molar-refractivity contribution in [1.82, 2.24) is 9.80 Å². The lowest BCUT2D eigenvalue weighted by atomic mass is 10.0. The van der Waals surface area contributed by atoms with Crippen LogP contribution in [0, 0.1) is 0 Å². The maximum atomic E-state index is 12.6. The van der Waals surface area contributed by atoms with E-state index in [1.54, 1.807) is 4.90 Å². The van der Waals surface area contributed by atoms with E-state index in [9.17, 15) is 4.79 Å². The van der Waals surface area contributed by atoms with Gasteiger partial charge in [0.05, 0.1) is 6.04 Å². The lowest BCUT2D eigenvalue weighted by Crippen LogP contribution is -2.34. The van der Waals surface area contributed by atoms with E-state index < -0.39 is 0 Å². The summed E-state index contributed by atoms with van der Waals surface area (Å²) in [6.45, 7) is 3.65. The molecule has 26 heavy (non-hydrogen) atoms. The number of benzene rings is 2. The van der Waals surface area contributed by atoms with Crippen LogP contribution >= 0.6 is 0 Å². The van der Waals surface area contributed by atoms with Gasteiger partial charge in [-0.1, -0.05) is 60.7 Å². The lowest BCUT2D eigenvalue weighted by Gasteiger charge is -2.29. The fourth-order valence-corrected chi connectivity index (χ4v) is 3.52. The molecule has 0 N–H and O–H groups in total. The van der Waals surface area contributed by atoms with Crippen LogP contribution in [-0.2, 0) is 11.3 Å². The summed E-state index contributed by atoms with van der Waals surface area (Å²) in [5, 5.41) is 0. The summed E-state index contributed by atoms with van der Waals surface area (Å²) < 4.78 is 5.54. The van der Waals surface area contributed by atoms with Crippen LogP contribution < -0.4 is 0 Å². The summed E-state index contributed by atoms with van der Waals surface area (Å²) in [5.41, 5.74) is 2.16. The highest BCUT2D eigenvalue weighted by molar-refractivity contribution is 5.68. The van der Waals surface area contributed by atoms with Gasteiger partial charge < -0.3 is 14.5 Å². The Balaban J connectivity index is 1.63. The van der Waals surface area contributed by atoms with Crippen LogP contribution in [0.5, 0.6) is 0 Å². The van der Waals surface area contributed by atoms with Gasteiger partial charge in [0.1, 0.15) is 6.61 Å². The van der Waals surface area contributed by atoms with Crippen LogP contribution in [0.15, 0.2) is 60.7 Å². The Bertz CT molecular complexity index is 669. The second-order valence-corrected chi connectivity index (χ2v) is 6.91. The zero-order chi connectivity index (χ0) is 18.2. The molecule has 1 amide bonds. The summed E-state index contributed by atoms with van der Waals surface area (Å²) in [6, 6.07) is 20.1. The standard InChI is InChI=1S/C22H28N2O2/c1-23(22(25)26-18-19-10-4-2-5-11-19)21(20-12-6-3-7-13-20)14-17-24-15-8-9-16-24/h2-7,10-13,21H,8-9,14-18H2,1H3. The number of carbonyl (C=O) groups excluding carboxylic acids is 1. The molecule has 4 heteroatoms. The van der Waals surface area contributed by atoms with Gasteiger partial charge in [-0.3, -0.25) is 0 Å². The quantitative estimate of drug-likeness (QED) is 0.736. The third-order valence-electron chi connectivity index (χ3n) is 5.06. The van der Waals surface area contributed by atoms with Crippen molar-refractivity contribution in [1.29, 1.82) is 0 Å². The number of hydrogen-bond acceptors (Lipinski definition) is 3. The zero-order valence-electron chi connectivity index (χ0n) is 15.5. The maximum absolute atomic E-state index is 12.6. The number of nitrogens with zero attached hydrogens (tertiary/aromatic N) is 2. The Kier molecular flexibility index (Phi) is 6.67. The second kappa shape index (κ2) is 9.39. The predicted molar refractivity (Wildman–Crippen MR) is 104 cm³/mol. The van der Waals surface area contributed by atoms with Crippen LogP contribution in [0.3, 0.4) is 0 Å². The summed E-state index contributed by atoms with van der Waals surface area (Å²) in [6.07, 6.45) is 3.21. The predicted octanol–water partition coefficient (Wildman–Crippen LogP) is 4.48. The van der Waals surface area contributed by atoms with E-state index in [0.29, 0.717) is 6.61 Å². The van der Waals surface area contributed by atoms with E-state index in [2.05, 4.69) is 17.0 Å². The SMILES string of the molecule is CN(C(=O)OCc1ccccc1)C(CCN1CCCC1)c1ccccc1. The van der Waals surface area contributed by atoms with Crippen LogP contribution in [0.2, 0.25) is 0 Å². The Morgan fingerprint density at radius 1 is 1.04 bits per heavy atom. The molecule has 0 saturated carbocycles. The van der Waals surface area contributed by atoms with E-state index >= 15 is 0 Å². The largest absolute Gasteiger partial charge is 0.445 e. The van der Waals surface area contributed by atoms with E-state index in [1.165, 1.54) is 25.9 Å². The summed E-state index contributed by atoms with van der Waals surface area (Å²) in [7, 11) is 1.84. The van der Waals surface area contributed by atoms with Crippen molar-refractivity contribution >= 4 is 6.09 Å². The van der Waals surface area contributed by atoms with Gasteiger partial charge >= 0.3 is 6.09 Å². The molecule has 0 aliphatic carbocycles. The molecule has 2 aromatic rings. The fourth-order valence-electron chi connectivity index (χ4n) is 3.52. The Morgan fingerprint density at radius 3 is 2.31 bits per heavy atom. The van der Waals surface area contributed by atoms with Crippen molar-refractivity contribution in [2.45, 2.75) is 31.9 Å². The summed E-state index contributed by atoms with van der Waals surface area (Å²) in [4.78, 5) is 16.8.